The van der Waals surface area contributed by atoms with Crippen LogP contribution in [-0.2, 0) is 18.3 Å². The van der Waals surface area contributed by atoms with Crippen LogP contribution in [0.25, 0.3) is 0 Å². The summed E-state index contributed by atoms with van der Waals surface area (Å²) in [6.45, 7) is 8.25. The lowest BCUT2D eigenvalue weighted by Crippen LogP contribution is -2.43. The molecule has 1 rings (SSSR count). The number of aliphatic imine (C=N–C) groups is 1. The van der Waals surface area contributed by atoms with Gasteiger partial charge in [-0.25, -0.2) is 4.99 Å². The normalized spacial score (nSPS) is 13.1. The molecule has 0 bridgehead atoms. The molecule has 7 nitrogen and oxygen atoms in total. The van der Waals surface area contributed by atoms with Gasteiger partial charge in [0.1, 0.15) is 12.4 Å². The van der Waals surface area contributed by atoms with E-state index in [4.69, 9.17) is 4.74 Å². The van der Waals surface area contributed by atoms with E-state index >= 15 is 0 Å². The molecule has 1 atom stereocenters. The van der Waals surface area contributed by atoms with Gasteiger partial charge in [0.05, 0.1) is 6.61 Å². The van der Waals surface area contributed by atoms with Crippen molar-refractivity contribution in [2.24, 2.45) is 12.0 Å². The topological polar surface area (TPSA) is 76.4 Å². The smallest absolute Gasteiger partial charge is 0.191 e. The number of hydrogen-bond acceptors (Lipinski definition) is 4. The maximum atomic E-state index is 5.10. The molecule has 0 radical (unpaired) electrons. The third-order valence-electron chi connectivity index (χ3n) is 4.03. The number of guanidine groups is 1. The summed E-state index contributed by atoms with van der Waals surface area (Å²) in [6.07, 6.45) is 6.27. The average molecular weight is 339 g/mol. The van der Waals surface area contributed by atoms with Gasteiger partial charge < -0.3 is 19.9 Å². The molecule has 24 heavy (non-hydrogen) atoms. The Balaban J connectivity index is 2.55. The minimum absolute atomic E-state index is 0.386. The van der Waals surface area contributed by atoms with Crippen molar-refractivity contribution in [2.75, 3.05) is 20.3 Å². The molecule has 7 heteroatoms. The van der Waals surface area contributed by atoms with Crippen molar-refractivity contribution in [1.29, 1.82) is 0 Å². The fourth-order valence-electron chi connectivity index (χ4n) is 2.35. The number of aromatic nitrogens is 3. The van der Waals surface area contributed by atoms with Crippen LogP contribution in [-0.4, -0.2) is 47.0 Å². The lowest BCUT2D eigenvalue weighted by Gasteiger charge is -2.18. The Morgan fingerprint density at radius 2 is 2.08 bits per heavy atom. The van der Waals surface area contributed by atoms with Crippen molar-refractivity contribution < 1.29 is 4.74 Å². The zero-order valence-electron chi connectivity index (χ0n) is 15.9. The Morgan fingerprint density at radius 3 is 2.71 bits per heavy atom. The molecular weight excluding hydrogens is 304 g/mol. The van der Waals surface area contributed by atoms with Gasteiger partial charge in [-0.05, 0) is 20.3 Å². The van der Waals surface area contributed by atoms with E-state index in [9.17, 15) is 0 Å². The molecule has 1 aromatic rings. The van der Waals surface area contributed by atoms with Crippen LogP contribution in [0.2, 0.25) is 0 Å². The summed E-state index contributed by atoms with van der Waals surface area (Å²) in [6, 6.07) is 0.386. The van der Waals surface area contributed by atoms with Gasteiger partial charge in [0.2, 0.25) is 0 Å². The summed E-state index contributed by atoms with van der Waals surface area (Å²) in [7, 11) is 3.66. The standard InChI is InChI=1S/C17H34N6O/c1-6-7-8-9-10-14(2)20-17(18-11-12-24-5)19-13-16-22-21-15(3)23(16)4/h14H,6-13H2,1-5H3,(H2,18,19,20). The monoisotopic (exact) mass is 338 g/mol. The highest BCUT2D eigenvalue weighted by atomic mass is 16.5. The van der Waals surface area contributed by atoms with Crippen LogP contribution in [0.4, 0.5) is 0 Å². The number of ether oxygens (including phenoxy) is 1. The fraction of sp³-hybridized carbons (Fsp3) is 0.824. The average Bonchev–Trinajstić information content (AvgIpc) is 2.88. The maximum Gasteiger partial charge on any atom is 0.191 e. The highest BCUT2D eigenvalue weighted by molar-refractivity contribution is 5.80. The summed E-state index contributed by atoms with van der Waals surface area (Å²) in [5.41, 5.74) is 0. The van der Waals surface area contributed by atoms with Gasteiger partial charge in [-0.15, -0.1) is 10.2 Å². The molecule has 0 spiro atoms. The predicted molar refractivity (Wildman–Crippen MR) is 98.1 cm³/mol. The number of rotatable bonds is 11. The Bertz CT molecular complexity index is 485. The van der Waals surface area contributed by atoms with Crippen LogP contribution in [0.5, 0.6) is 0 Å². The van der Waals surface area contributed by atoms with Crippen molar-refractivity contribution in [3.8, 4) is 0 Å². The lowest BCUT2D eigenvalue weighted by molar-refractivity contribution is 0.203. The van der Waals surface area contributed by atoms with Crippen LogP contribution < -0.4 is 10.6 Å². The van der Waals surface area contributed by atoms with Crippen molar-refractivity contribution in [3.63, 3.8) is 0 Å². The molecule has 0 saturated carbocycles. The van der Waals surface area contributed by atoms with Crippen LogP contribution in [0.15, 0.2) is 4.99 Å². The van der Waals surface area contributed by atoms with Crippen molar-refractivity contribution in [1.82, 2.24) is 25.4 Å². The Labute approximate surface area is 146 Å². The van der Waals surface area contributed by atoms with Gasteiger partial charge in [0, 0.05) is 26.7 Å². The summed E-state index contributed by atoms with van der Waals surface area (Å²) < 4.78 is 7.07. The molecular formula is C17H34N6O. The molecule has 2 N–H and O–H groups in total. The number of hydrogen-bond donors (Lipinski definition) is 2. The SMILES string of the molecule is CCCCCCC(C)NC(=NCc1nnc(C)n1C)NCCOC. The van der Waals surface area contributed by atoms with Crippen LogP contribution in [0.3, 0.4) is 0 Å². The Kier molecular flexibility index (Phi) is 10.1. The zero-order chi connectivity index (χ0) is 17.8. The Morgan fingerprint density at radius 1 is 1.29 bits per heavy atom. The maximum absolute atomic E-state index is 5.10. The van der Waals surface area contributed by atoms with Gasteiger partial charge in [0.15, 0.2) is 11.8 Å². The largest absolute Gasteiger partial charge is 0.383 e. The first-order valence-electron chi connectivity index (χ1n) is 8.97. The first kappa shape index (κ1) is 20.4. The molecule has 0 aromatic carbocycles. The minimum Gasteiger partial charge on any atom is -0.383 e. The van der Waals surface area contributed by atoms with Crippen molar-refractivity contribution in [2.45, 2.75) is 65.5 Å². The van der Waals surface area contributed by atoms with E-state index < -0.39 is 0 Å². The van der Waals surface area contributed by atoms with E-state index in [0.29, 0.717) is 19.2 Å². The molecule has 1 unspecified atom stereocenters. The van der Waals surface area contributed by atoms with Gasteiger partial charge in [-0.2, -0.15) is 0 Å². The quantitative estimate of drug-likeness (QED) is 0.367. The molecule has 0 aliphatic carbocycles. The third-order valence-corrected chi connectivity index (χ3v) is 4.03. The van der Waals surface area contributed by atoms with E-state index in [-0.39, 0.29) is 0 Å². The molecule has 0 saturated heterocycles. The minimum atomic E-state index is 0.386. The summed E-state index contributed by atoms with van der Waals surface area (Å²) in [5, 5.41) is 15.0. The van der Waals surface area contributed by atoms with Crippen molar-refractivity contribution >= 4 is 5.96 Å². The third kappa shape index (κ3) is 7.77. The number of nitrogens with zero attached hydrogens (tertiary/aromatic N) is 4. The second-order valence-corrected chi connectivity index (χ2v) is 6.20. The van der Waals surface area contributed by atoms with Gasteiger partial charge >= 0.3 is 0 Å². The summed E-state index contributed by atoms with van der Waals surface area (Å²) in [4.78, 5) is 4.64. The fourth-order valence-corrected chi connectivity index (χ4v) is 2.35. The first-order chi connectivity index (χ1) is 11.6. The van der Waals surface area contributed by atoms with E-state index in [0.717, 1.165) is 30.6 Å². The van der Waals surface area contributed by atoms with E-state index in [1.54, 1.807) is 7.11 Å². The number of unbranched alkanes of at least 4 members (excludes halogenated alkanes) is 3. The van der Waals surface area contributed by atoms with Gasteiger partial charge in [-0.1, -0.05) is 32.6 Å². The first-order valence-corrected chi connectivity index (χ1v) is 8.97. The number of nitrogens with one attached hydrogen (secondary N) is 2. The second-order valence-electron chi connectivity index (χ2n) is 6.20. The van der Waals surface area contributed by atoms with Crippen molar-refractivity contribution in [3.05, 3.63) is 11.6 Å². The highest BCUT2D eigenvalue weighted by Gasteiger charge is 2.08. The summed E-state index contributed by atoms with van der Waals surface area (Å²) >= 11 is 0. The molecule has 1 aromatic heterocycles. The molecule has 1 heterocycles. The van der Waals surface area contributed by atoms with Gasteiger partial charge in [0.25, 0.3) is 0 Å². The predicted octanol–water partition coefficient (Wildman–Crippen LogP) is 2.16. The van der Waals surface area contributed by atoms with Gasteiger partial charge in [-0.3, -0.25) is 0 Å². The molecule has 0 aliphatic rings. The van der Waals surface area contributed by atoms with Crippen LogP contribution >= 0.6 is 0 Å². The zero-order valence-corrected chi connectivity index (χ0v) is 15.9. The lowest BCUT2D eigenvalue weighted by atomic mass is 10.1. The van der Waals surface area contributed by atoms with Crippen LogP contribution in [0.1, 0.15) is 57.6 Å². The number of aryl methyl sites for hydroxylation is 1. The Hall–Kier alpha value is -1.63. The summed E-state index contributed by atoms with van der Waals surface area (Å²) in [5.74, 6) is 2.55. The number of methoxy groups -OCH3 is 1. The molecule has 0 fully saturated rings. The van der Waals surface area contributed by atoms with E-state index in [2.05, 4.69) is 39.7 Å². The van der Waals surface area contributed by atoms with E-state index in [1.165, 1.54) is 25.7 Å². The van der Waals surface area contributed by atoms with E-state index in [1.807, 2.05) is 18.5 Å². The second kappa shape index (κ2) is 11.8. The molecule has 138 valence electrons. The molecule has 0 aliphatic heterocycles. The molecule has 0 amide bonds. The van der Waals surface area contributed by atoms with Crippen LogP contribution in [0, 0.1) is 6.92 Å². The highest BCUT2D eigenvalue weighted by Crippen LogP contribution is 2.05.